The molecule has 0 fully saturated rings. The number of amides is 1. The number of carbonyl (C=O) groups excluding carboxylic acids is 1. The van der Waals surface area contributed by atoms with Crippen LogP contribution >= 0.6 is 0 Å². The Balaban J connectivity index is 2.88. The molecule has 0 saturated carbocycles. The summed E-state index contributed by atoms with van der Waals surface area (Å²) in [6.45, 7) is 5.36. The quantitative estimate of drug-likeness (QED) is 0.909. The molecule has 0 radical (unpaired) electrons. The van der Waals surface area contributed by atoms with Gasteiger partial charge in [0, 0.05) is 18.2 Å². The van der Waals surface area contributed by atoms with Gasteiger partial charge in [-0.15, -0.1) is 0 Å². The van der Waals surface area contributed by atoms with E-state index in [-0.39, 0.29) is 24.9 Å². The highest BCUT2D eigenvalue weighted by Crippen LogP contribution is 2.18. The Kier molecular flexibility index (Phi) is 5.41. The van der Waals surface area contributed by atoms with Crippen LogP contribution in [0.25, 0.3) is 0 Å². The highest BCUT2D eigenvalue weighted by atomic mass is 19.1. The maximum atomic E-state index is 13.6. The number of carboxylic acid groups (broad SMARTS) is 1. The van der Waals surface area contributed by atoms with Crippen LogP contribution in [0.4, 0.5) is 8.78 Å². The molecule has 6 heteroatoms. The van der Waals surface area contributed by atoms with Crippen molar-refractivity contribution in [3.8, 4) is 0 Å². The van der Waals surface area contributed by atoms with Gasteiger partial charge < -0.3 is 10.0 Å². The van der Waals surface area contributed by atoms with Crippen molar-refractivity contribution in [3.63, 3.8) is 0 Å². The Morgan fingerprint density at radius 2 is 1.86 bits per heavy atom. The van der Waals surface area contributed by atoms with Crippen molar-refractivity contribution in [2.24, 2.45) is 0 Å². The number of carbonyl (C=O) groups is 2. The molecule has 0 heterocycles. The average Bonchev–Trinajstić information content (AvgIpc) is 2.30. The van der Waals surface area contributed by atoms with Gasteiger partial charge in [-0.05, 0) is 32.4 Å². The number of halogens is 2. The Hall–Kier alpha value is -1.98. The van der Waals surface area contributed by atoms with Gasteiger partial charge in [-0.2, -0.15) is 0 Å². The van der Waals surface area contributed by atoms with Crippen LogP contribution in [-0.4, -0.2) is 34.0 Å². The van der Waals surface area contributed by atoms with E-state index in [0.29, 0.717) is 0 Å². The lowest BCUT2D eigenvalue weighted by molar-refractivity contribution is -0.140. The van der Waals surface area contributed by atoms with Gasteiger partial charge in [-0.1, -0.05) is 6.07 Å². The van der Waals surface area contributed by atoms with E-state index >= 15 is 0 Å². The smallest absolute Gasteiger partial charge is 0.305 e. The molecule has 1 aromatic rings. The predicted octanol–water partition coefficient (Wildman–Crippen LogP) is 2.61. The van der Waals surface area contributed by atoms with Crippen LogP contribution in [0.3, 0.4) is 0 Å². The largest absolute Gasteiger partial charge is 0.481 e. The van der Waals surface area contributed by atoms with E-state index < -0.39 is 29.0 Å². The Bertz CT molecular complexity index is 538. The monoisotopic (exact) mass is 299 g/mol. The predicted molar refractivity (Wildman–Crippen MR) is 73.8 cm³/mol. The number of hydrogen-bond donors (Lipinski definition) is 1. The van der Waals surface area contributed by atoms with Crippen molar-refractivity contribution in [2.45, 2.75) is 39.2 Å². The number of nitrogens with zero attached hydrogens (tertiary/aromatic N) is 1. The minimum absolute atomic E-state index is 0.0421. The fraction of sp³-hybridized carbons (Fsp3) is 0.467. The standard InChI is InChI=1S/C15H19F2NO3/c1-15(2,3)18(7-6-14(20)21)13(19)8-10-4-5-11(16)9-12(10)17/h4-5,9H,6-8H2,1-3H3,(H,20,21). The second-order valence-electron chi connectivity index (χ2n) is 5.77. The number of aliphatic carboxylic acids is 1. The van der Waals surface area contributed by atoms with Crippen molar-refractivity contribution < 1.29 is 23.5 Å². The van der Waals surface area contributed by atoms with Crippen LogP contribution in [0.15, 0.2) is 18.2 Å². The van der Waals surface area contributed by atoms with Gasteiger partial charge in [0.1, 0.15) is 11.6 Å². The highest BCUT2D eigenvalue weighted by Gasteiger charge is 2.27. The minimum Gasteiger partial charge on any atom is -0.481 e. The Morgan fingerprint density at radius 1 is 1.24 bits per heavy atom. The molecule has 0 aliphatic rings. The fourth-order valence-corrected chi connectivity index (χ4v) is 1.97. The summed E-state index contributed by atoms with van der Waals surface area (Å²) in [5.74, 6) is -2.89. The van der Waals surface area contributed by atoms with E-state index in [0.717, 1.165) is 12.1 Å². The van der Waals surface area contributed by atoms with E-state index in [9.17, 15) is 18.4 Å². The molecule has 1 rings (SSSR count). The number of rotatable bonds is 5. The molecule has 0 aliphatic heterocycles. The Labute approximate surface area is 122 Å². The lowest BCUT2D eigenvalue weighted by Gasteiger charge is -2.35. The van der Waals surface area contributed by atoms with Crippen LogP contribution in [0.2, 0.25) is 0 Å². The molecular formula is C15H19F2NO3. The molecule has 0 spiro atoms. The second kappa shape index (κ2) is 6.65. The van der Waals surface area contributed by atoms with Crippen molar-refractivity contribution in [2.75, 3.05) is 6.54 Å². The second-order valence-corrected chi connectivity index (χ2v) is 5.77. The maximum absolute atomic E-state index is 13.6. The number of hydrogen-bond acceptors (Lipinski definition) is 2. The zero-order valence-electron chi connectivity index (χ0n) is 12.3. The summed E-state index contributed by atoms with van der Waals surface area (Å²) < 4.78 is 26.4. The first-order chi connectivity index (χ1) is 9.61. The van der Waals surface area contributed by atoms with Crippen LogP contribution in [0.5, 0.6) is 0 Å². The molecule has 0 bridgehead atoms. The van der Waals surface area contributed by atoms with Crippen LogP contribution in [0.1, 0.15) is 32.8 Å². The third-order valence-electron chi connectivity index (χ3n) is 3.02. The molecule has 4 nitrogen and oxygen atoms in total. The van der Waals surface area contributed by atoms with E-state index in [1.807, 2.05) is 0 Å². The molecule has 0 unspecified atom stereocenters. The van der Waals surface area contributed by atoms with Gasteiger partial charge in [-0.3, -0.25) is 9.59 Å². The van der Waals surface area contributed by atoms with Crippen molar-refractivity contribution in [1.29, 1.82) is 0 Å². The van der Waals surface area contributed by atoms with E-state index in [4.69, 9.17) is 5.11 Å². The van der Waals surface area contributed by atoms with Crippen LogP contribution in [-0.2, 0) is 16.0 Å². The zero-order chi connectivity index (χ0) is 16.2. The van der Waals surface area contributed by atoms with E-state index in [1.165, 1.54) is 11.0 Å². The summed E-state index contributed by atoms with van der Waals surface area (Å²) in [4.78, 5) is 24.3. The first-order valence-corrected chi connectivity index (χ1v) is 6.57. The first kappa shape index (κ1) is 17.1. The zero-order valence-corrected chi connectivity index (χ0v) is 12.3. The van der Waals surface area contributed by atoms with Gasteiger partial charge >= 0.3 is 5.97 Å². The topological polar surface area (TPSA) is 57.6 Å². The summed E-state index contributed by atoms with van der Waals surface area (Å²) in [5.41, 5.74) is -0.491. The maximum Gasteiger partial charge on any atom is 0.305 e. The van der Waals surface area contributed by atoms with E-state index in [2.05, 4.69) is 0 Å². The molecule has 1 N–H and O–H groups in total. The third-order valence-corrected chi connectivity index (χ3v) is 3.02. The molecule has 0 saturated heterocycles. The normalized spacial score (nSPS) is 11.3. The molecular weight excluding hydrogens is 280 g/mol. The van der Waals surface area contributed by atoms with Crippen molar-refractivity contribution >= 4 is 11.9 Å². The third kappa shape index (κ3) is 5.13. The molecule has 116 valence electrons. The molecule has 1 aromatic carbocycles. The van der Waals surface area contributed by atoms with Gasteiger partial charge in [0.05, 0.1) is 12.8 Å². The number of benzene rings is 1. The SMILES string of the molecule is CC(C)(C)N(CCC(=O)O)C(=O)Cc1ccc(F)cc1F. The summed E-state index contributed by atoms with van der Waals surface area (Å²) in [6.07, 6.45) is -0.419. The Morgan fingerprint density at radius 3 is 2.33 bits per heavy atom. The molecule has 0 atom stereocenters. The molecule has 1 amide bonds. The summed E-state index contributed by atoms with van der Waals surface area (Å²) in [6, 6.07) is 3.03. The van der Waals surface area contributed by atoms with Crippen molar-refractivity contribution in [3.05, 3.63) is 35.4 Å². The number of carboxylic acids is 1. The van der Waals surface area contributed by atoms with Gasteiger partial charge in [0.2, 0.25) is 5.91 Å². The summed E-state index contributed by atoms with van der Waals surface area (Å²) in [5, 5.41) is 8.73. The van der Waals surface area contributed by atoms with Gasteiger partial charge in [-0.25, -0.2) is 8.78 Å². The molecule has 0 aliphatic carbocycles. The average molecular weight is 299 g/mol. The van der Waals surface area contributed by atoms with E-state index in [1.54, 1.807) is 20.8 Å². The minimum atomic E-state index is -1.01. The van der Waals surface area contributed by atoms with Crippen molar-refractivity contribution in [1.82, 2.24) is 4.90 Å². The summed E-state index contributed by atoms with van der Waals surface area (Å²) >= 11 is 0. The highest BCUT2D eigenvalue weighted by molar-refractivity contribution is 5.80. The lowest BCUT2D eigenvalue weighted by Crippen LogP contribution is -2.47. The van der Waals surface area contributed by atoms with Crippen LogP contribution in [0, 0.1) is 11.6 Å². The fourth-order valence-electron chi connectivity index (χ4n) is 1.97. The lowest BCUT2D eigenvalue weighted by atomic mass is 10.0. The molecule has 21 heavy (non-hydrogen) atoms. The molecule has 0 aromatic heterocycles. The van der Waals surface area contributed by atoms with Gasteiger partial charge in [0.15, 0.2) is 0 Å². The first-order valence-electron chi connectivity index (χ1n) is 6.57. The van der Waals surface area contributed by atoms with Crippen LogP contribution < -0.4 is 0 Å². The van der Waals surface area contributed by atoms with Gasteiger partial charge in [0.25, 0.3) is 0 Å². The summed E-state index contributed by atoms with van der Waals surface area (Å²) in [7, 11) is 0.